The monoisotopic (exact) mass is 507 g/mol. The van der Waals surface area contributed by atoms with E-state index in [0.29, 0.717) is 11.8 Å². The van der Waals surface area contributed by atoms with E-state index in [1.165, 1.54) is 33.3 Å². The maximum absolute atomic E-state index is 11.9. The van der Waals surface area contributed by atoms with Crippen molar-refractivity contribution in [3.63, 3.8) is 0 Å². The molecular formula is C22H26BrN3O4S. The van der Waals surface area contributed by atoms with Gasteiger partial charge in [0.05, 0.1) is 12.9 Å². The largest absolute Gasteiger partial charge is 0.493 e. The SMILES string of the molecule is CCS(=O)(=O)Oc1ccc(-c2nc3ccc(Br)cn3c2NC2CCCCC2)cc1OC. The van der Waals surface area contributed by atoms with Gasteiger partial charge in [-0.3, -0.25) is 4.40 Å². The fraction of sp³-hybridized carbons (Fsp3) is 0.409. The second kappa shape index (κ2) is 9.08. The summed E-state index contributed by atoms with van der Waals surface area (Å²) in [5.74, 6) is 1.31. The first kappa shape index (κ1) is 22.0. The van der Waals surface area contributed by atoms with Crippen LogP contribution in [0.5, 0.6) is 11.5 Å². The van der Waals surface area contributed by atoms with Gasteiger partial charge in [0.15, 0.2) is 11.5 Å². The lowest BCUT2D eigenvalue weighted by Gasteiger charge is -2.24. The number of aromatic nitrogens is 2. The summed E-state index contributed by atoms with van der Waals surface area (Å²) in [6, 6.07) is 9.51. The summed E-state index contributed by atoms with van der Waals surface area (Å²) in [6.07, 6.45) is 7.98. The first-order chi connectivity index (χ1) is 14.9. The Morgan fingerprint density at radius 3 is 2.65 bits per heavy atom. The van der Waals surface area contributed by atoms with E-state index in [0.717, 1.165) is 40.0 Å². The quantitative estimate of drug-likeness (QED) is 0.440. The Morgan fingerprint density at radius 1 is 1.16 bits per heavy atom. The number of methoxy groups -OCH3 is 1. The molecule has 0 bridgehead atoms. The molecule has 9 heteroatoms. The molecule has 1 saturated carbocycles. The maximum atomic E-state index is 11.9. The van der Waals surface area contributed by atoms with Crippen molar-refractivity contribution in [2.24, 2.45) is 0 Å². The molecule has 0 spiro atoms. The molecule has 2 heterocycles. The van der Waals surface area contributed by atoms with Crippen LogP contribution in [0.3, 0.4) is 0 Å². The van der Waals surface area contributed by atoms with Gasteiger partial charge in [0.2, 0.25) is 0 Å². The van der Waals surface area contributed by atoms with E-state index in [1.54, 1.807) is 12.1 Å². The number of rotatable bonds is 7. The van der Waals surface area contributed by atoms with Gasteiger partial charge in [-0.05, 0) is 66.0 Å². The molecule has 0 atom stereocenters. The number of nitrogens with one attached hydrogen (secondary N) is 1. The van der Waals surface area contributed by atoms with Crippen molar-refractivity contribution in [3.05, 3.63) is 41.0 Å². The smallest absolute Gasteiger partial charge is 0.309 e. The van der Waals surface area contributed by atoms with Crippen LogP contribution in [0.1, 0.15) is 39.0 Å². The van der Waals surface area contributed by atoms with Crippen molar-refractivity contribution in [1.29, 1.82) is 0 Å². The van der Waals surface area contributed by atoms with Gasteiger partial charge in [-0.2, -0.15) is 8.42 Å². The topological polar surface area (TPSA) is 81.9 Å². The molecule has 1 aromatic carbocycles. The molecule has 1 fully saturated rings. The van der Waals surface area contributed by atoms with Gasteiger partial charge in [0, 0.05) is 22.3 Å². The molecule has 4 rings (SSSR count). The van der Waals surface area contributed by atoms with Crippen LogP contribution in [0.15, 0.2) is 41.0 Å². The van der Waals surface area contributed by atoms with Crippen LogP contribution in [0.25, 0.3) is 16.9 Å². The fourth-order valence-electron chi connectivity index (χ4n) is 3.88. The molecule has 7 nitrogen and oxygen atoms in total. The number of imidazole rings is 1. The van der Waals surface area contributed by atoms with Gasteiger partial charge in [-0.1, -0.05) is 19.3 Å². The van der Waals surface area contributed by atoms with Gasteiger partial charge >= 0.3 is 10.1 Å². The minimum Gasteiger partial charge on any atom is -0.493 e. The normalized spacial score (nSPS) is 15.2. The van der Waals surface area contributed by atoms with Crippen LogP contribution < -0.4 is 14.2 Å². The average Bonchev–Trinajstić information content (AvgIpc) is 3.12. The zero-order valence-electron chi connectivity index (χ0n) is 17.6. The van der Waals surface area contributed by atoms with E-state index >= 15 is 0 Å². The standard InChI is InChI=1S/C22H26BrN3O4S/c1-3-31(27,28)30-18-11-9-15(13-19(18)29-2)21-22(24-17-7-5-4-6-8-17)26-14-16(23)10-12-20(26)25-21/h9-14,17,24H,3-8H2,1-2H3. The Balaban J connectivity index is 1.78. The molecule has 0 amide bonds. The van der Waals surface area contributed by atoms with Crippen molar-refractivity contribution < 1.29 is 17.3 Å². The zero-order chi connectivity index (χ0) is 22.0. The predicted octanol–water partition coefficient (Wildman–Crippen LogP) is 5.25. The van der Waals surface area contributed by atoms with E-state index in [9.17, 15) is 8.42 Å². The van der Waals surface area contributed by atoms with Crippen LogP contribution in [-0.4, -0.2) is 36.7 Å². The average molecular weight is 508 g/mol. The minimum atomic E-state index is -3.65. The van der Waals surface area contributed by atoms with Crippen molar-refractivity contribution in [3.8, 4) is 22.8 Å². The van der Waals surface area contributed by atoms with Gasteiger partial charge in [0.1, 0.15) is 17.2 Å². The summed E-state index contributed by atoms with van der Waals surface area (Å²) in [5.41, 5.74) is 2.42. The third-order valence-corrected chi connectivity index (χ3v) is 7.15. The number of hydrogen-bond acceptors (Lipinski definition) is 6. The van der Waals surface area contributed by atoms with Crippen LogP contribution in [0.4, 0.5) is 5.82 Å². The van der Waals surface area contributed by atoms with Crippen LogP contribution >= 0.6 is 15.9 Å². The summed E-state index contributed by atoms with van der Waals surface area (Å²) < 4.78 is 37.4. The Morgan fingerprint density at radius 2 is 1.94 bits per heavy atom. The number of hydrogen-bond donors (Lipinski definition) is 1. The molecule has 1 aliphatic rings. The minimum absolute atomic E-state index is 0.116. The highest BCUT2D eigenvalue weighted by atomic mass is 79.9. The summed E-state index contributed by atoms with van der Waals surface area (Å²) >= 11 is 3.55. The molecule has 166 valence electrons. The lowest BCUT2D eigenvalue weighted by Crippen LogP contribution is -2.23. The van der Waals surface area contributed by atoms with Gasteiger partial charge in [0.25, 0.3) is 0 Å². The van der Waals surface area contributed by atoms with Crippen molar-refractivity contribution in [2.45, 2.75) is 45.1 Å². The Hall–Kier alpha value is -2.26. The van der Waals surface area contributed by atoms with E-state index < -0.39 is 10.1 Å². The molecule has 0 unspecified atom stereocenters. The summed E-state index contributed by atoms with van der Waals surface area (Å²) in [7, 11) is -2.16. The van der Waals surface area contributed by atoms with Crippen molar-refractivity contribution >= 4 is 37.5 Å². The maximum Gasteiger partial charge on any atom is 0.309 e. The van der Waals surface area contributed by atoms with E-state index in [2.05, 4.69) is 21.2 Å². The van der Waals surface area contributed by atoms with Gasteiger partial charge in [-0.25, -0.2) is 4.98 Å². The lowest BCUT2D eigenvalue weighted by molar-refractivity contribution is 0.391. The highest BCUT2D eigenvalue weighted by molar-refractivity contribution is 9.10. The molecule has 2 aromatic heterocycles. The fourth-order valence-corrected chi connectivity index (χ4v) is 4.74. The van der Waals surface area contributed by atoms with E-state index in [1.807, 2.05) is 28.8 Å². The molecule has 0 saturated heterocycles. The van der Waals surface area contributed by atoms with Gasteiger partial charge < -0.3 is 14.2 Å². The lowest BCUT2D eigenvalue weighted by atomic mass is 9.95. The van der Waals surface area contributed by atoms with Crippen LogP contribution in [0, 0.1) is 0 Å². The predicted molar refractivity (Wildman–Crippen MR) is 125 cm³/mol. The van der Waals surface area contributed by atoms with Crippen molar-refractivity contribution in [2.75, 3.05) is 18.2 Å². The molecular weight excluding hydrogens is 482 g/mol. The molecule has 0 aliphatic heterocycles. The van der Waals surface area contributed by atoms with Crippen molar-refractivity contribution in [1.82, 2.24) is 9.38 Å². The van der Waals surface area contributed by atoms with E-state index in [-0.39, 0.29) is 11.5 Å². The molecule has 1 aliphatic carbocycles. The number of nitrogens with zero attached hydrogens (tertiary/aromatic N) is 2. The summed E-state index contributed by atoms with van der Waals surface area (Å²) in [5, 5.41) is 3.71. The first-order valence-corrected chi connectivity index (χ1v) is 12.8. The molecule has 31 heavy (non-hydrogen) atoms. The number of anilines is 1. The highest BCUT2D eigenvalue weighted by Gasteiger charge is 2.21. The van der Waals surface area contributed by atoms with E-state index in [4.69, 9.17) is 13.9 Å². The Kier molecular flexibility index (Phi) is 6.43. The summed E-state index contributed by atoms with van der Waals surface area (Å²) in [4.78, 5) is 4.85. The number of ether oxygens (including phenoxy) is 1. The zero-order valence-corrected chi connectivity index (χ0v) is 20.0. The Bertz CT molecular complexity index is 1190. The second-order valence-electron chi connectivity index (χ2n) is 7.66. The molecule has 1 N–H and O–H groups in total. The third-order valence-electron chi connectivity index (χ3n) is 5.54. The number of pyridine rings is 1. The third kappa shape index (κ3) is 4.82. The Labute approximate surface area is 191 Å². The number of benzene rings is 1. The van der Waals surface area contributed by atoms with Gasteiger partial charge in [-0.15, -0.1) is 0 Å². The number of fused-ring (bicyclic) bond motifs is 1. The number of halogens is 1. The second-order valence-corrected chi connectivity index (χ2v) is 10.4. The van der Waals surface area contributed by atoms with Crippen LogP contribution in [0.2, 0.25) is 0 Å². The first-order valence-electron chi connectivity index (χ1n) is 10.4. The summed E-state index contributed by atoms with van der Waals surface area (Å²) in [6.45, 7) is 1.54. The molecule has 0 radical (unpaired) electrons. The van der Waals surface area contributed by atoms with Crippen LogP contribution in [-0.2, 0) is 10.1 Å². The molecule has 3 aromatic rings. The highest BCUT2D eigenvalue weighted by Crippen LogP contribution is 2.37.